The molecule has 0 N–H and O–H groups in total. The molecule has 0 unspecified atom stereocenters. The number of aromatic nitrogens is 1. The van der Waals surface area contributed by atoms with Gasteiger partial charge in [-0.2, -0.15) is 0 Å². The molecule has 0 bridgehead atoms. The highest BCUT2D eigenvalue weighted by Gasteiger charge is 2.20. The monoisotopic (exact) mass is 621 g/mol. The predicted molar refractivity (Wildman–Crippen MR) is 199 cm³/mol. The van der Waals surface area contributed by atoms with E-state index in [9.17, 15) is 0 Å². The molecular formula is C42H23NOS2. The first-order valence-corrected chi connectivity index (χ1v) is 17.1. The van der Waals surface area contributed by atoms with Crippen molar-refractivity contribution in [3.05, 3.63) is 140 Å². The minimum Gasteiger partial charge on any atom is -0.455 e. The standard InChI is InChI=1S/C42H23NOS2/c1-4-15-32-28(9-1)40-33(20-22-38-41(40)30-11-3-6-17-36(30)46-38)43(32)24-19-21-34-31(23-24)27-14-7-13-26(42(27)44-34)25-12-8-18-37-39(25)29-10-2-5-16-35(29)45-37/h1-23H. The summed E-state index contributed by atoms with van der Waals surface area (Å²) in [6, 6.07) is 50.8. The maximum atomic E-state index is 6.71. The van der Waals surface area contributed by atoms with E-state index in [1.165, 1.54) is 67.7 Å². The Bertz CT molecular complexity index is 3040. The number of nitrogens with zero attached hydrogens (tertiary/aromatic N) is 1. The molecule has 0 atom stereocenters. The van der Waals surface area contributed by atoms with Crippen LogP contribution < -0.4 is 0 Å². The molecule has 0 amide bonds. The summed E-state index contributed by atoms with van der Waals surface area (Å²) in [5, 5.41) is 10.1. The average Bonchev–Trinajstić information content (AvgIpc) is 3.86. The smallest absolute Gasteiger partial charge is 0.143 e. The molecule has 46 heavy (non-hydrogen) atoms. The van der Waals surface area contributed by atoms with Gasteiger partial charge in [0.15, 0.2) is 0 Å². The zero-order chi connectivity index (χ0) is 29.9. The van der Waals surface area contributed by atoms with E-state index in [1.807, 2.05) is 22.7 Å². The molecule has 0 fully saturated rings. The fourth-order valence-electron chi connectivity index (χ4n) is 7.69. The van der Waals surface area contributed by atoms with Gasteiger partial charge in [0, 0.05) is 73.1 Å². The lowest BCUT2D eigenvalue weighted by Crippen LogP contribution is -1.93. The topological polar surface area (TPSA) is 18.1 Å². The molecule has 0 aliphatic heterocycles. The van der Waals surface area contributed by atoms with Crippen molar-refractivity contribution in [1.29, 1.82) is 0 Å². The number of fused-ring (bicyclic) bond motifs is 13. The third kappa shape index (κ3) is 3.24. The van der Waals surface area contributed by atoms with Crippen LogP contribution in [-0.4, -0.2) is 4.57 Å². The Morgan fingerprint density at radius 3 is 1.91 bits per heavy atom. The van der Waals surface area contributed by atoms with Crippen LogP contribution in [0.3, 0.4) is 0 Å². The zero-order valence-corrected chi connectivity index (χ0v) is 26.1. The van der Waals surface area contributed by atoms with Gasteiger partial charge in [-0.1, -0.05) is 84.9 Å². The van der Waals surface area contributed by atoms with Crippen molar-refractivity contribution < 1.29 is 4.42 Å². The second-order valence-corrected chi connectivity index (χ2v) is 14.2. The molecule has 0 spiro atoms. The normalized spacial score (nSPS) is 12.3. The Kier molecular flexibility index (Phi) is 4.90. The lowest BCUT2D eigenvalue weighted by molar-refractivity contribution is 0.670. The van der Waals surface area contributed by atoms with Gasteiger partial charge in [0.1, 0.15) is 11.2 Å². The van der Waals surface area contributed by atoms with E-state index in [1.54, 1.807) is 0 Å². The van der Waals surface area contributed by atoms with Gasteiger partial charge < -0.3 is 8.98 Å². The molecule has 0 aliphatic rings. The highest BCUT2D eigenvalue weighted by atomic mass is 32.1. The van der Waals surface area contributed by atoms with Crippen LogP contribution in [0.1, 0.15) is 0 Å². The second kappa shape index (κ2) is 9.07. The number of para-hydroxylation sites is 2. The van der Waals surface area contributed by atoms with Crippen LogP contribution in [0.2, 0.25) is 0 Å². The van der Waals surface area contributed by atoms with Gasteiger partial charge in [-0.25, -0.2) is 0 Å². The zero-order valence-electron chi connectivity index (χ0n) is 24.5. The Morgan fingerprint density at radius 1 is 0.413 bits per heavy atom. The first-order chi connectivity index (χ1) is 22.8. The van der Waals surface area contributed by atoms with Gasteiger partial charge in [0.2, 0.25) is 0 Å². The molecule has 214 valence electrons. The van der Waals surface area contributed by atoms with Crippen LogP contribution in [-0.2, 0) is 0 Å². The molecule has 4 heterocycles. The van der Waals surface area contributed by atoms with E-state index in [4.69, 9.17) is 4.42 Å². The van der Waals surface area contributed by atoms with Crippen molar-refractivity contribution in [2.24, 2.45) is 0 Å². The lowest BCUT2D eigenvalue weighted by Gasteiger charge is -2.08. The molecule has 11 aromatic rings. The summed E-state index contributed by atoms with van der Waals surface area (Å²) in [7, 11) is 0. The molecular weight excluding hydrogens is 599 g/mol. The summed E-state index contributed by atoms with van der Waals surface area (Å²) in [5.74, 6) is 0. The largest absolute Gasteiger partial charge is 0.455 e. The first kappa shape index (κ1) is 24.8. The van der Waals surface area contributed by atoms with Gasteiger partial charge in [0.25, 0.3) is 0 Å². The predicted octanol–water partition coefficient (Wildman–Crippen LogP) is 13.1. The summed E-state index contributed by atoms with van der Waals surface area (Å²) in [6.07, 6.45) is 0. The number of benzene rings is 7. The van der Waals surface area contributed by atoms with Crippen LogP contribution in [0.5, 0.6) is 0 Å². The fourth-order valence-corrected chi connectivity index (χ4v) is 9.94. The maximum Gasteiger partial charge on any atom is 0.143 e. The molecule has 11 rings (SSSR count). The van der Waals surface area contributed by atoms with Crippen LogP contribution >= 0.6 is 22.7 Å². The Morgan fingerprint density at radius 2 is 1.07 bits per heavy atom. The van der Waals surface area contributed by atoms with Crippen molar-refractivity contribution in [3.8, 4) is 16.8 Å². The van der Waals surface area contributed by atoms with Crippen molar-refractivity contribution in [2.75, 3.05) is 0 Å². The van der Waals surface area contributed by atoms with Crippen LogP contribution in [0.4, 0.5) is 0 Å². The molecule has 4 heteroatoms. The van der Waals surface area contributed by atoms with Crippen LogP contribution in [0.15, 0.2) is 144 Å². The summed E-state index contributed by atoms with van der Waals surface area (Å²) >= 11 is 3.73. The van der Waals surface area contributed by atoms with E-state index < -0.39 is 0 Å². The molecule has 2 nitrogen and oxygen atoms in total. The van der Waals surface area contributed by atoms with E-state index in [0.29, 0.717) is 0 Å². The molecule has 0 saturated carbocycles. The summed E-state index contributed by atoms with van der Waals surface area (Å²) in [5.41, 5.74) is 7.76. The van der Waals surface area contributed by atoms with E-state index >= 15 is 0 Å². The SMILES string of the molecule is c1ccc2c(c1)sc1cccc(-c3cccc4c3oc3ccc(-n5c6ccccc6c6c7c(ccc65)sc5ccccc57)cc34)c12. The number of hydrogen-bond donors (Lipinski definition) is 0. The summed E-state index contributed by atoms with van der Waals surface area (Å²) in [4.78, 5) is 0. The van der Waals surface area contributed by atoms with Crippen LogP contribution in [0.25, 0.3) is 101 Å². The number of hydrogen-bond acceptors (Lipinski definition) is 3. The lowest BCUT2D eigenvalue weighted by atomic mass is 9.97. The number of thiophene rings is 2. The summed E-state index contributed by atoms with van der Waals surface area (Å²) in [6.45, 7) is 0. The average molecular weight is 622 g/mol. The quantitative estimate of drug-likeness (QED) is 0.188. The Hall–Kier alpha value is -5.42. The maximum absolute atomic E-state index is 6.71. The van der Waals surface area contributed by atoms with Crippen molar-refractivity contribution in [3.63, 3.8) is 0 Å². The fraction of sp³-hybridized carbons (Fsp3) is 0. The van der Waals surface area contributed by atoms with Gasteiger partial charge >= 0.3 is 0 Å². The first-order valence-electron chi connectivity index (χ1n) is 15.5. The van der Waals surface area contributed by atoms with E-state index in [2.05, 4.69) is 144 Å². The second-order valence-electron chi connectivity index (χ2n) is 12.0. The minimum absolute atomic E-state index is 0.903. The molecule has 0 saturated heterocycles. The third-order valence-electron chi connectivity index (χ3n) is 9.61. The van der Waals surface area contributed by atoms with Gasteiger partial charge in [0.05, 0.1) is 11.0 Å². The van der Waals surface area contributed by atoms with Crippen molar-refractivity contribution in [2.45, 2.75) is 0 Å². The van der Waals surface area contributed by atoms with Crippen molar-refractivity contribution >= 4 is 107 Å². The van der Waals surface area contributed by atoms with Gasteiger partial charge in [-0.05, 0) is 60.2 Å². The molecule has 0 radical (unpaired) electrons. The molecule has 0 aliphatic carbocycles. The van der Waals surface area contributed by atoms with Crippen molar-refractivity contribution in [1.82, 2.24) is 4.57 Å². The Labute approximate surface area is 270 Å². The highest BCUT2D eigenvalue weighted by molar-refractivity contribution is 7.26. The van der Waals surface area contributed by atoms with Gasteiger partial charge in [-0.15, -0.1) is 22.7 Å². The molecule has 4 aromatic heterocycles. The highest BCUT2D eigenvalue weighted by Crippen LogP contribution is 2.46. The summed E-state index contributed by atoms with van der Waals surface area (Å²) < 4.78 is 14.4. The Balaban J connectivity index is 1.19. The number of rotatable bonds is 2. The third-order valence-corrected chi connectivity index (χ3v) is 11.9. The number of furan rings is 1. The van der Waals surface area contributed by atoms with E-state index in [-0.39, 0.29) is 0 Å². The van der Waals surface area contributed by atoms with Crippen LogP contribution in [0, 0.1) is 0 Å². The van der Waals surface area contributed by atoms with Gasteiger partial charge in [-0.3, -0.25) is 0 Å². The minimum atomic E-state index is 0.903. The molecule has 7 aromatic carbocycles. The van der Waals surface area contributed by atoms with E-state index in [0.717, 1.165) is 33.2 Å².